The fourth-order valence-corrected chi connectivity index (χ4v) is 1.99. The molecule has 0 saturated carbocycles. The van der Waals surface area contributed by atoms with Crippen molar-refractivity contribution in [1.29, 1.82) is 0 Å². The Bertz CT molecular complexity index is 796. The summed E-state index contributed by atoms with van der Waals surface area (Å²) in [6.45, 7) is -0.668. The molecule has 2 aromatic carbocycles. The van der Waals surface area contributed by atoms with Crippen molar-refractivity contribution in [2.75, 3.05) is 20.3 Å². The number of hydrazine groups is 1. The number of oxime groups is 1. The average molecular weight is 392 g/mol. The van der Waals surface area contributed by atoms with Gasteiger partial charge in [-0.25, -0.2) is 0 Å². The number of carbonyl (C=O) groups excluding carboxylic acids is 2. The Kier molecular flexibility index (Phi) is 7.92. The van der Waals surface area contributed by atoms with E-state index >= 15 is 0 Å². The van der Waals surface area contributed by atoms with Gasteiger partial charge in [-0.2, -0.15) is 0 Å². The van der Waals surface area contributed by atoms with Crippen molar-refractivity contribution in [3.05, 3.63) is 59.1 Å². The fourth-order valence-electron chi connectivity index (χ4n) is 1.80. The molecule has 2 aromatic rings. The number of para-hydroxylation sites is 1. The van der Waals surface area contributed by atoms with Crippen LogP contribution in [0.3, 0.4) is 0 Å². The van der Waals surface area contributed by atoms with E-state index < -0.39 is 11.8 Å². The highest BCUT2D eigenvalue weighted by molar-refractivity contribution is 6.32. The third kappa shape index (κ3) is 7.25. The van der Waals surface area contributed by atoms with Gasteiger partial charge in [0, 0.05) is 0 Å². The maximum absolute atomic E-state index is 11.6. The highest BCUT2D eigenvalue weighted by Crippen LogP contribution is 2.22. The zero-order valence-corrected chi connectivity index (χ0v) is 15.2. The Labute approximate surface area is 161 Å². The van der Waals surface area contributed by atoms with Gasteiger partial charge in [0.25, 0.3) is 11.8 Å². The molecule has 0 spiro atoms. The minimum absolute atomic E-state index is 0.305. The number of amides is 2. The van der Waals surface area contributed by atoms with E-state index in [1.165, 1.54) is 6.21 Å². The van der Waals surface area contributed by atoms with Crippen LogP contribution < -0.4 is 20.3 Å². The summed E-state index contributed by atoms with van der Waals surface area (Å²) < 4.78 is 10.3. The van der Waals surface area contributed by atoms with Crippen molar-refractivity contribution < 1.29 is 23.9 Å². The molecule has 9 heteroatoms. The van der Waals surface area contributed by atoms with Gasteiger partial charge in [0.1, 0.15) is 11.5 Å². The van der Waals surface area contributed by atoms with Crippen molar-refractivity contribution >= 4 is 29.6 Å². The number of hydrogen-bond acceptors (Lipinski definition) is 6. The Balaban J connectivity index is 1.63. The first-order chi connectivity index (χ1) is 13.1. The second kappa shape index (κ2) is 10.7. The van der Waals surface area contributed by atoms with Crippen LogP contribution in [-0.2, 0) is 14.4 Å². The summed E-state index contributed by atoms with van der Waals surface area (Å²) in [5, 5.41) is 4.06. The number of ether oxygens (including phenoxy) is 2. The molecule has 0 unspecified atom stereocenters. The van der Waals surface area contributed by atoms with Crippen LogP contribution >= 0.6 is 11.6 Å². The molecule has 0 heterocycles. The van der Waals surface area contributed by atoms with Crippen LogP contribution in [0.15, 0.2) is 53.7 Å². The molecule has 142 valence electrons. The molecule has 0 atom stereocenters. The first kappa shape index (κ1) is 20.1. The third-order valence-electron chi connectivity index (χ3n) is 3.12. The lowest BCUT2D eigenvalue weighted by Crippen LogP contribution is -2.45. The summed E-state index contributed by atoms with van der Waals surface area (Å²) in [7, 11) is 1.58. The van der Waals surface area contributed by atoms with Crippen LogP contribution in [0.25, 0.3) is 0 Å². The van der Waals surface area contributed by atoms with Crippen molar-refractivity contribution in [2.24, 2.45) is 5.16 Å². The summed E-state index contributed by atoms with van der Waals surface area (Å²) in [6.07, 6.45) is 1.45. The van der Waals surface area contributed by atoms with Gasteiger partial charge < -0.3 is 14.3 Å². The van der Waals surface area contributed by atoms with Gasteiger partial charge in [0.05, 0.1) is 18.3 Å². The number of benzene rings is 2. The lowest BCUT2D eigenvalue weighted by atomic mass is 10.2. The Hall–Kier alpha value is -3.26. The summed E-state index contributed by atoms with van der Waals surface area (Å²) in [4.78, 5) is 28.1. The fraction of sp³-hybridized carbons (Fsp3) is 0.167. The first-order valence-corrected chi connectivity index (χ1v) is 8.20. The van der Waals surface area contributed by atoms with Crippen molar-refractivity contribution in [2.45, 2.75) is 0 Å². The van der Waals surface area contributed by atoms with Gasteiger partial charge in [0.15, 0.2) is 13.2 Å². The van der Waals surface area contributed by atoms with Gasteiger partial charge in [-0.3, -0.25) is 20.4 Å². The van der Waals surface area contributed by atoms with E-state index in [1.54, 1.807) is 55.6 Å². The zero-order chi connectivity index (χ0) is 19.5. The van der Waals surface area contributed by atoms with Crippen LogP contribution in [0.4, 0.5) is 0 Å². The van der Waals surface area contributed by atoms with Crippen LogP contribution in [0.2, 0.25) is 5.02 Å². The maximum atomic E-state index is 11.6. The second-order valence-electron chi connectivity index (χ2n) is 5.10. The predicted molar refractivity (Wildman–Crippen MR) is 99.8 cm³/mol. The lowest BCUT2D eigenvalue weighted by Gasteiger charge is -2.09. The molecule has 8 nitrogen and oxygen atoms in total. The highest BCUT2D eigenvalue weighted by atomic mass is 35.5. The minimum atomic E-state index is -0.576. The minimum Gasteiger partial charge on any atom is -0.497 e. The SMILES string of the molecule is COc1ccc(/C=N\OCC(=O)NNC(=O)COc2ccccc2Cl)cc1. The van der Waals surface area contributed by atoms with E-state index in [0.29, 0.717) is 10.8 Å². The topological polar surface area (TPSA) is 98.3 Å². The number of carbonyl (C=O) groups is 2. The van der Waals surface area contributed by atoms with E-state index in [1.807, 2.05) is 0 Å². The monoisotopic (exact) mass is 391 g/mol. The number of nitrogens with zero attached hydrogens (tertiary/aromatic N) is 1. The smallest absolute Gasteiger partial charge is 0.279 e. The molecular formula is C18H18ClN3O5. The molecule has 0 aliphatic heterocycles. The highest BCUT2D eigenvalue weighted by Gasteiger charge is 2.07. The van der Waals surface area contributed by atoms with Gasteiger partial charge in [0.2, 0.25) is 0 Å². The Morgan fingerprint density at radius 3 is 2.37 bits per heavy atom. The molecule has 2 amide bonds. The molecule has 0 saturated heterocycles. The van der Waals surface area contributed by atoms with Crippen molar-refractivity contribution in [1.82, 2.24) is 10.9 Å². The molecule has 2 rings (SSSR count). The van der Waals surface area contributed by atoms with E-state index in [2.05, 4.69) is 16.0 Å². The molecule has 2 N–H and O–H groups in total. The van der Waals surface area contributed by atoms with E-state index in [9.17, 15) is 9.59 Å². The molecule has 0 radical (unpaired) electrons. The quantitative estimate of drug-likeness (QED) is 0.529. The molecule has 0 aromatic heterocycles. The summed E-state index contributed by atoms with van der Waals surface area (Å²) in [5.74, 6) is -0.0310. The number of hydrogen-bond donors (Lipinski definition) is 2. The Morgan fingerprint density at radius 1 is 1.04 bits per heavy atom. The maximum Gasteiger partial charge on any atom is 0.279 e. The van der Waals surface area contributed by atoms with Gasteiger partial charge in [-0.05, 0) is 42.0 Å². The van der Waals surface area contributed by atoms with E-state index in [-0.39, 0.29) is 13.2 Å². The molecule has 27 heavy (non-hydrogen) atoms. The van der Waals surface area contributed by atoms with E-state index in [0.717, 1.165) is 11.3 Å². The number of rotatable bonds is 8. The lowest BCUT2D eigenvalue weighted by molar-refractivity contribution is -0.132. The number of nitrogens with one attached hydrogen (secondary N) is 2. The Morgan fingerprint density at radius 2 is 1.70 bits per heavy atom. The van der Waals surface area contributed by atoms with Gasteiger partial charge >= 0.3 is 0 Å². The summed E-state index contributed by atoms with van der Waals surface area (Å²) >= 11 is 5.90. The summed E-state index contributed by atoms with van der Waals surface area (Å²) in [5.41, 5.74) is 5.15. The van der Waals surface area contributed by atoms with Crippen LogP contribution in [0, 0.1) is 0 Å². The molecular weight excluding hydrogens is 374 g/mol. The van der Waals surface area contributed by atoms with E-state index in [4.69, 9.17) is 25.9 Å². The zero-order valence-electron chi connectivity index (χ0n) is 14.5. The van der Waals surface area contributed by atoms with Crippen LogP contribution in [-0.4, -0.2) is 38.4 Å². The molecule has 0 aliphatic rings. The summed E-state index contributed by atoms with van der Waals surface area (Å²) in [6, 6.07) is 13.8. The standard InChI is InChI=1S/C18H18ClN3O5/c1-25-14-8-6-13(7-9-14)10-20-27-12-18(24)22-21-17(23)11-26-16-5-3-2-4-15(16)19/h2-10H,11-12H2,1H3,(H,21,23)(H,22,24)/b20-10-. The van der Waals surface area contributed by atoms with Crippen molar-refractivity contribution in [3.8, 4) is 11.5 Å². The third-order valence-corrected chi connectivity index (χ3v) is 3.44. The molecule has 0 bridgehead atoms. The predicted octanol–water partition coefficient (Wildman–Crippen LogP) is 1.93. The van der Waals surface area contributed by atoms with Gasteiger partial charge in [-0.1, -0.05) is 28.9 Å². The average Bonchev–Trinajstić information content (AvgIpc) is 2.69. The molecule has 0 fully saturated rings. The normalized spacial score (nSPS) is 10.3. The largest absolute Gasteiger partial charge is 0.497 e. The van der Waals surface area contributed by atoms with Crippen LogP contribution in [0.1, 0.15) is 5.56 Å². The number of halogens is 1. The second-order valence-corrected chi connectivity index (χ2v) is 5.50. The first-order valence-electron chi connectivity index (χ1n) is 7.83. The van der Waals surface area contributed by atoms with Crippen LogP contribution in [0.5, 0.6) is 11.5 Å². The van der Waals surface area contributed by atoms with Gasteiger partial charge in [-0.15, -0.1) is 0 Å². The number of methoxy groups -OCH3 is 1. The molecule has 0 aliphatic carbocycles. The van der Waals surface area contributed by atoms with Crippen molar-refractivity contribution in [3.63, 3.8) is 0 Å².